The first-order chi connectivity index (χ1) is 9.70. The molecule has 2 rings (SSSR count). The lowest BCUT2D eigenvalue weighted by Gasteiger charge is -2.26. The van der Waals surface area contributed by atoms with Gasteiger partial charge < -0.3 is 5.32 Å². The van der Waals surface area contributed by atoms with Crippen LogP contribution in [0.2, 0.25) is 0 Å². The Bertz CT molecular complexity index is 425. The molecule has 1 fully saturated rings. The van der Waals surface area contributed by atoms with Crippen LogP contribution in [-0.2, 0) is 4.79 Å². The summed E-state index contributed by atoms with van der Waals surface area (Å²) in [7, 11) is 0. The van der Waals surface area contributed by atoms with Crippen LogP contribution in [0.15, 0.2) is 29.2 Å². The molecule has 0 spiro atoms. The van der Waals surface area contributed by atoms with Gasteiger partial charge in [0.15, 0.2) is 0 Å². The van der Waals surface area contributed by atoms with Crippen molar-refractivity contribution < 1.29 is 4.79 Å². The van der Waals surface area contributed by atoms with Gasteiger partial charge in [-0.25, -0.2) is 0 Å². The van der Waals surface area contributed by atoms with E-state index in [-0.39, 0.29) is 11.9 Å². The van der Waals surface area contributed by atoms with E-state index in [9.17, 15) is 4.79 Å². The second-order valence-electron chi connectivity index (χ2n) is 5.34. The van der Waals surface area contributed by atoms with E-state index in [1.807, 2.05) is 31.2 Å². The minimum Gasteiger partial charge on any atom is -0.325 e. The number of likely N-dealkylation sites (tertiary alicyclic amines) is 1. The third-order valence-electron chi connectivity index (χ3n) is 3.93. The van der Waals surface area contributed by atoms with Gasteiger partial charge in [-0.1, -0.05) is 12.8 Å². The third kappa shape index (κ3) is 4.25. The van der Waals surface area contributed by atoms with E-state index in [0.717, 1.165) is 18.8 Å². The van der Waals surface area contributed by atoms with Crippen molar-refractivity contribution in [1.82, 2.24) is 4.90 Å². The summed E-state index contributed by atoms with van der Waals surface area (Å²) in [6.45, 7) is 4.09. The summed E-state index contributed by atoms with van der Waals surface area (Å²) in [5, 5.41) is 3.02. The van der Waals surface area contributed by atoms with Crippen LogP contribution in [-0.4, -0.2) is 36.2 Å². The molecule has 1 N–H and O–H groups in total. The smallest absolute Gasteiger partial charge is 0.241 e. The first-order valence-corrected chi connectivity index (χ1v) is 8.62. The zero-order valence-electron chi connectivity index (χ0n) is 12.4. The number of nitrogens with zero attached hydrogens (tertiary/aromatic N) is 1. The molecule has 0 radical (unpaired) electrons. The first kappa shape index (κ1) is 15.4. The Morgan fingerprint density at radius 1 is 1.15 bits per heavy atom. The lowest BCUT2D eigenvalue weighted by atomic mass is 10.2. The lowest BCUT2D eigenvalue weighted by molar-refractivity contribution is -0.120. The second kappa shape index (κ2) is 7.70. The van der Waals surface area contributed by atoms with Crippen molar-refractivity contribution in [2.45, 2.75) is 43.5 Å². The Labute approximate surface area is 126 Å². The Kier molecular flexibility index (Phi) is 5.92. The van der Waals surface area contributed by atoms with E-state index in [4.69, 9.17) is 0 Å². The number of thioether (sulfide) groups is 1. The van der Waals surface area contributed by atoms with E-state index < -0.39 is 0 Å². The number of rotatable bonds is 4. The summed E-state index contributed by atoms with van der Waals surface area (Å²) in [6, 6.07) is 7.97. The molecule has 0 bridgehead atoms. The van der Waals surface area contributed by atoms with Crippen molar-refractivity contribution in [2.24, 2.45) is 0 Å². The van der Waals surface area contributed by atoms with Crippen LogP contribution in [0.5, 0.6) is 0 Å². The summed E-state index contributed by atoms with van der Waals surface area (Å²) in [6.07, 6.45) is 7.05. The minimum atomic E-state index is -0.0478. The van der Waals surface area contributed by atoms with Crippen molar-refractivity contribution in [3.8, 4) is 0 Å². The molecule has 4 heteroatoms. The summed E-state index contributed by atoms with van der Waals surface area (Å²) in [5.74, 6) is 0.101. The fourth-order valence-electron chi connectivity index (χ4n) is 2.57. The number of hydrogen-bond donors (Lipinski definition) is 1. The van der Waals surface area contributed by atoms with Gasteiger partial charge in [-0.3, -0.25) is 9.69 Å². The Balaban J connectivity index is 1.92. The van der Waals surface area contributed by atoms with Crippen molar-refractivity contribution in [1.29, 1.82) is 0 Å². The van der Waals surface area contributed by atoms with Crippen LogP contribution in [0.1, 0.15) is 32.6 Å². The first-order valence-electron chi connectivity index (χ1n) is 7.39. The van der Waals surface area contributed by atoms with Crippen LogP contribution < -0.4 is 5.32 Å². The predicted molar refractivity (Wildman–Crippen MR) is 86.4 cm³/mol. The molecular formula is C16H24N2OS. The molecule has 0 saturated carbocycles. The molecule has 0 aliphatic carbocycles. The van der Waals surface area contributed by atoms with Gasteiger partial charge in [0.25, 0.3) is 0 Å². The topological polar surface area (TPSA) is 32.3 Å². The molecule has 110 valence electrons. The van der Waals surface area contributed by atoms with Crippen LogP contribution in [0.3, 0.4) is 0 Å². The summed E-state index contributed by atoms with van der Waals surface area (Å²) in [4.78, 5) is 15.8. The normalized spacial score (nSPS) is 18.3. The van der Waals surface area contributed by atoms with E-state index >= 15 is 0 Å². The zero-order chi connectivity index (χ0) is 14.4. The number of anilines is 1. The van der Waals surface area contributed by atoms with Crippen LogP contribution in [0.25, 0.3) is 0 Å². The number of hydrogen-bond acceptors (Lipinski definition) is 3. The van der Waals surface area contributed by atoms with Gasteiger partial charge in [0.1, 0.15) is 0 Å². The number of carbonyl (C=O) groups is 1. The van der Waals surface area contributed by atoms with Crippen molar-refractivity contribution in [3.05, 3.63) is 24.3 Å². The average molecular weight is 292 g/mol. The van der Waals surface area contributed by atoms with E-state index in [1.54, 1.807) is 11.8 Å². The summed E-state index contributed by atoms with van der Waals surface area (Å²) >= 11 is 1.71. The molecule has 1 atom stereocenters. The zero-order valence-corrected chi connectivity index (χ0v) is 13.2. The van der Waals surface area contributed by atoms with Crippen LogP contribution in [0.4, 0.5) is 5.69 Å². The fourth-order valence-corrected chi connectivity index (χ4v) is 2.98. The van der Waals surface area contributed by atoms with Gasteiger partial charge in [0.2, 0.25) is 5.91 Å². The summed E-state index contributed by atoms with van der Waals surface area (Å²) < 4.78 is 0. The molecule has 1 saturated heterocycles. The Morgan fingerprint density at radius 2 is 1.75 bits per heavy atom. The van der Waals surface area contributed by atoms with Gasteiger partial charge in [0.05, 0.1) is 6.04 Å². The van der Waals surface area contributed by atoms with E-state index in [1.165, 1.54) is 30.6 Å². The molecule has 1 aromatic carbocycles. The quantitative estimate of drug-likeness (QED) is 0.860. The number of nitrogens with one attached hydrogen (secondary N) is 1. The highest BCUT2D eigenvalue weighted by molar-refractivity contribution is 7.98. The van der Waals surface area contributed by atoms with Crippen molar-refractivity contribution >= 4 is 23.4 Å². The highest BCUT2D eigenvalue weighted by Crippen LogP contribution is 2.18. The number of amides is 1. The standard InChI is InChI=1S/C16H24N2OS/c1-13(18-11-5-3-4-6-12-18)16(19)17-14-7-9-15(20-2)10-8-14/h7-10,13H,3-6,11-12H2,1-2H3,(H,17,19). The van der Waals surface area contributed by atoms with Crippen LogP contribution >= 0.6 is 11.8 Å². The molecular weight excluding hydrogens is 268 g/mol. The van der Waals surface area contributed by atoms with Crippen LogP contribution in [0, 0.1) is 0 Å². The largest absolute Gasteiger partial charge is 0.325 e. The van der Waals surface area contributed by atoms with Gasteiger partial charge in [-0.2, -0.15) is 0 Å². The monoisotopic (exact) mass is 292 g/mol. The van der Waals surface area contributed by atoms with E-state index in [2.05, 4.69) is 16.5 Å². The molecule has 1 aromatic rings. The molecule has 1 aliphatic heterocycles. The molecule has 1 unspecified atom stereocenters. The highest BCUT2D eigenvalue weighted by atomic mass is 32.2. The van der Waals surface area contributed by atoms with E-state index in [0.29, 0.717) is 0 Å². The molecule has 3 nitrogen and oxygen atoms in total. The van der Waals surface area contributed by atoms with Crippen molar-refractivity contribution in [2.75, 3.05) is 24.7 Å². The third-order valence-corrected chi connectivity index (χ3v) is 4.67. The SMILES string of the molecule is CSc1ccc(NC(=O)C(C)N2CCCCCC2)cc1. The second-order valence-corrected chi connectivity index (χ2v) is 6.22. The van der Waals surface area contributed by atoms with Crippen molar-refractivity contribution in [3.63, 3.8) is 0 Å². The molecule has 1 aliphatic rings. The molecule has 1 amide bonds. The maximum absolute atomic E-state index is 12.3. The maximum atomic E-state index is 12.3. The average Bonchev–Trinajstić information content (AvgIpc) is 2.76. The van der Waals surface area contributed by atoms with Gasteiger partial charge in [-0.05, 0) is 63.4 Å². The molecule has 20 heavy (non-hydrogen) atoms. The molecule has 0 aromatic heterocycles. The lowest BCUT2D eigenvalue weighted by Crippen LogP contribution is -2.42. The highest BCUT2D eigenvalue weighted by Gasteiger charge is 2.21. The fraction of sp³-hybridized carbons (Fsp3) is 0.562. The summed E-state index contributed by atoms with van der Waals surface area (Å²) in [5.41, 5.74) is 0.884. The van der Waals surface area contributed by atoms with Gasteiger partial charge >= 0.3 is 0 Å². The molecule has 1 heterocycles. The number of carbonyl (C=O) groups excluding carboxylic acids is 1. The minimum absolute atomic E-state index is 0.0478. The van der Waals surface area contributed by atoms with Gasteiger partial charge in [-0.15, -0.1) is 11.8 Å². The Hall–Kier alpha value is -1.00. The maximum Gasteiger partial charge on any atom is 0.241 e. The predicted octanol–water partition coefficient (Wildman–Crippen LogP) is 3.61. The Morgan fingerprint density at radius 3 is 2.30 bits per heavy atom. The van der Waals surface area contributed by atoms with Gasteiger partial charge in [0, 0.05) is 10.6 Å². The number of benzene rings is 1.